The van der Waals surface area contributed by atoms with Gasteiger partial charge in [-0.1, -0.05) is 12.8 Å². The number of likely N-dealkylation sites (tertiary alicyclic amines) is 1. The Morgan fingerprint density at radius 3 is 2.69 bits per heavy atom. The summed E-state index contributed by atoms with van der Waals surface area (Å²) in [5, 5.41) is 3.42. The van der Waals surface area contributed by atoms with Gasteiger partial charge in [0, 0.05) is 25.7 Å². The third-order valence-electron chi connectivity index (χ3n) is 4.30. The Balaban J connectivity index is 1.93. The van der Waals surface area contributed by atoms with Crippen LogP contribution in [0.2, 0.25) is 0 Å². The first-order valence-corrected chi connectivity index (χ1v) is 6.79. The van der Waals surface area contributed by atoms with Gasteiger partial charge in [0.2, 0.25) is 0 Å². The summed E-state index contributed by atoms with van der Waals surface area (Å²) in [6, 6.07) is 1.36. The van der Waals surface area contributed by atoms with Gasteiger partial charge in [-0.15, -0.1) is 0 Å². The van der Waals surface area contributed by atoms with Gasteiger partial charge in [-0.3, -0.25) is 4.90 Å². The van der Waals surface area contributed by atoms with Crippen LogP contribution >= 0.6 is 0 Å². The lowest BCUT2D eigenvalue weighted by atomic mass is 9.89. The molecule has 0 radical (unpaired) electrons. The van der Waals surface area contributed by atoms with Crippen molar-refractivity contribution in [1.82, 2.24) is 10.2 Å². The Kier molecular flexibility index (Phi) is 4.62. The van der Waals surface area contributed by atoms with E-state index >= 15 is 0 Å². The van der Waals surface area contributed by atoms with Crippen LogP contribution in [0.3, 0.4) is 0 Å². The molecule has 3 nitrogen and oxygen atoms in total. The number of piperidine rings is 1. The molecule has 0 aromatic rings. The molecule has 0 aromatic heterocycles. The molecule has 0 spiro atoms. The van der Waals surface area contributed by atoms with Crippen molar-refractivity contribution in [2.45, 2.75) is 56.7 Å². The lowest BCUT2D eigenvalue weighted by molar-refractivity contribution is -0.0210. The number of methoxy groups -OCH3 is 1. The van der Waals surface area contributed by atoms with Gasteiger partial charge in [0.25, 0.3) is 0 Å². The van der Waals surface area contributed by atoms with Gasteiger partial charge in [-0.25, -0.2) is 0 Å². The molecule has 2 aliphatic rings. The maximum absolute atomic E-state index is 5.66. The molecular formula is C13H26N2O. The highest BCUT2D eigenvalue weighted by molar-refractivity contribution is 4.88. The smallest absolute Gasteiger partial charge is 0.0726 e. The molecule has 2 fully saturated rings. The summed E-state index contributed by atoms with van der Waals surface area (Å²) in [4.78, 5) is 2.66. The molecule has 2 rings (SSSR count). The summed E-state index contributed by atoms with van der Waals surface area (Å²) in [6.07, 6.45) is 8.44. The van der Waals surface area contributed by atoms with Gasteiger partial charge in [-0.2, -0.15) is 0 Å². The number of rotatable bonds is 3. The van der Waals surface area contributed by atoms with E-state index in [1.54, 1.807) is 0 Å². The van der Waals surface area contributed by atoms with Crippen LogP contribution in [0.25, 0.3) is 0 Å². The molecule has 1 aliphatic heterocycles. The van der Waals surface area contributed by atoms with Crippen molar-refractivity contribution in [3.8, 4) is 0 Å². The van der Waals surface area contributed by atoms with Crippen LogP contribution < -0.4 is 5.32 Å². The zero-order valence-electron chi connectivity index (χ0n) is 10.7. The van der Waals surface area contributed by atoms with Gasteiger partial charge in [0.05, 0.1) is 6.10 Å². The summed E-state index contributed by atoms with van der Waals surface area (Å²) in [7, 11) is 3.96. The Morgan fingerprint density at radius 1 is 1.12 bits per heavy atom. The molecule has 0 aromatic carbocycles. The van der Waals surface area contributed by atoms with Gasteiger partial charge < -0.3 is 10.1 Å². The number of likely N-dealkylation sites (N-methyl/N-ethyl adjacent to an activating group) is 1. The minimum atomic E-state index is 0.476. The number of nitrogens with one attached hydrogen (secondary N) is 1. The van der Waals surface area contributed by atoms with Crippen LogP contribution in [0, 0.1) is 0 Å². The second kappa shape index (κ2) is 5.99. The van der Waals surface area contributed by atoms with Crippen LogP contribution in [0.5, 0.6) is 0 Å². The third kappa shape index (κ3) is 2.76. The van der Waals surface area contributed by atoms with E-state index in [1.165, 1.54) is 51.6 Å². The largest absolute Gasteiger partial charge is 0.380 e. The van der Waals surface area contributed by atoms with Crippen LogP contribution in [0.4, 0.5) is 0 Å². The van der Waals surface area contributed by atoms with E-state index in [9.17, 15) is 0 Å². The van der Waals surface area contributed by atoms with Gasteiger partial charge in [0.15, 0.2) is 0 Å². The highest BCUT2D eigenvalue weighted by Crippen LogP contribution is 2.27. The highest BCUT2D eigenvalue weighted by atomic mass is 16.5. The first-order chi connectivity index (χ1) is 7.85. The van der Waals surface area contributed by atoms with E-state index in [0.717, 1.165) is 0 Å². The summed E-state index contributed by atoms with van der Waals surface area (Å²) < 4.78 is 5.66. The maximum atomic E-state index is 5.66. The molecule has 0 bridgehead atoms. The molecular weight excluding hydrogens is 200 g/mol. The first kappa shape index (κ1) is 12.3. The fourth-order valence-electron chi connectivity index (χ4n) is 3.31. The van der Waals surface area contributed by atoms with Crippen molar-refractivity contribution in [3.63, 3.8) is 0 Å². The van der Waals surface area contributed by atoms with Crippen molar-refractivity contribution >= 4 is 0 Å². The fraction of sp³-hybridized carbons (Fsp3) is 1.00. The number of hydrogen-bond acceptors (Lipinski definition) is 3. The van der Waals surface area contributed by atoms with Crippen molar-refractivity contribution in [1.29, 1.82) is 0 Å². The third-order valence-corrected chi connectivity index (χ3v) is 4.30. The lowest BCUT2D eigenvalue weighted by Crippen LogP contribution is -2.53. The SMILES string of the molecule is CNC1CCCN(C2CCCCC2OC)C1. The summed E-state index contributed by atoms with van der Waals surface area (Å²) in [5.74, 6) is 0. The average molecular weight is 226 g/mol. The van der Waals surface area contributed by atoms with Crippen LogP contribution in [0.1, 0.15) is 38.5 Å². The topological polar surface area (TPSA) is 24.5 Å². The molecule has 3 atom stereocenters. The Bertz CT molecular complexity index is 210. The molecule has 0 amide bonds. The predicted molar refractivity (Wildman–Crippen MR) is 66.7 cm³/mol. The highest BCUT2D eigenvalue weighted by Gasteiger charge is 2.32. The molecule has 1 saturated heterocycles. The second-order valence-corrected chi connectivity index (χ2v) is 5.25. The molecule has 16 heavy (non-hydrogen) atoms. The van der Waals surface area contributed by atoms with Crippen molar-refractivity contribution in [2.75, 3.05) is 27.2 Å². The zero-order valence-corrected chi connectivity index (χ0v) is 10.7. The minimum Gasteiger partial charge on any atom is -0.380 e. The van der Waals surface area contributed by atoms with Gasteiger partial charge in [0.1, 0.15) is 0 Å². The van der Waals surface area contributed by atoms with Crippen molar-refractivity contribution in [3.05, 3.63) is 0 Å². The van der Waals surface area contributed by atoms with Crippen LogP contribution in [-0.2, 0) is 4.74 Å². The molecule has 3 heteroatoms. The first-order valence-electron chi connectivity index (χ1n) is 6.79. The molecule has 1 N–H and O–H groups in total. The average Bonchev–Trinajstić information content (AvgIpc) is 2.38. The monoisotopic (exact) mass is 226 g/mol. The molecule has 1 aliphatic carbocycles. The molecule has 3 unspecified atom stereocenters. The lowest BCUT2D eigenvalue weighted by Gasteiger charge is -2.43. The van der Waals surface area contributed by atoms with Gasteiger partial charge in [-0.05, 0) is 39.3 Å². The Hall–Kier alpha value is -0.120. The Morgan fingerprint density at radius 2 is 1.94 bits per heavy atom. The standard InChI is InChI=1S/C13H26N2O/c1-14-11-6-5-9-15(10-11)12-7-3-4-8-13(12)16-2/h11-14H,3-10H2,1-2H3. The van der Waals surface area contributed by atoms with Gasteiger partial charge >= 0.3 is 0 Å². The van der Waals surface area contributed by atoms with Crippen molar-refractivity contribution in [2.24, 2.45) is 0 Å². The van der Waals surface area contributed by atoms with E-state index < -0.39 is 0 Å². The summed E-state index contributed by atoms with van der Waals surface area (Å²) in [5.41, 5.74) is 0. The summed E-state index contributed by atoms with van der Waals surface area (Å²) >= 11 is 0. The molecule has 1 heterocycles. The minimum absolute atomic E-state index is 0.476. The molecule has 1 saturated carbocycles. The number of hydrogen-bond donors (Lipinski definition) is 1. The van der Waals surface area contributed by atoms with E-state index in [4.69, 9.17) is 4.74 Å². The summed E-state index contributed by atoms with van der Waals surface area (Å²) in [6.45, 7) is 2.48. The second-order valence-electron chi connectivity index (χ2n) is 5.25. The molecule has 94 valence electrons. The number of nitrogens with zero attached hydrogens (tertiary/aromatic N) is 1. The zero-order chi connectivity index (χ0) is 11.4. The number of ether oxygens (including phenoxy) is 1. The Labute approximate surface area is 99.5 Å². The quantitative estimate of drug-likeness (QED) is 0.791. The fourth-order valence-corrected chi connectivity index (χ4v) is 3.31. The van der Waals surface area contributed by atoms with E-state index in [2.05, 4.69) is 17.3 Å². The van der Waals surface area contributed by atoms with Crippen LogP contribution in [-0.4, -0.2) is 50.3 Å². The van der Waals surface area contributed by atoms with Crippen LogP contribution in [0.15, 0.2) is 0 Å². The predicted octanol–water partition coefficient (Wildman–Crippen LogP) is 1.63. The van der Waals surface area contributed by atoms with Crippen molar-refractivity contribution < 1.29 is 4.74 Å². The normalized spacial score (nSPS) is 37.5. The van der Waals surface area contributed by atoms with E-state index in [1.807, 2.05) is 7.11 Å². The van der Waals surface area contributed by atoms with E-state index in [-0.39, 0.29) is 0 Å². The maximum Gasteiger partial charge on any atom is 0.0726 e. The van der Waals surface area contributed by atoms with E-state index in [0.29, 0.717) is 18.2 Å².